The van der Waals surface area contributed by atoms with Crippen LogP contribution in [-0.2, 0) is 14.3 Å². The number of carbonyl (C=O) groups is 2. The number of amides is 2. The van der Waals surface area contributed by atoms with Gasteiger partial charge in [0.1, 0.15) is 6.04 Å². The molecule has 1 aliphatic rings. The first-order valence-electron chi connectivity index (χ1n) is 6.47. The molecule has 1 fully saturated rings. The number of nitrogens with zero attached hydrogens (tertiary/aromatic N) is 1. The molecule has 1 aliphatic heterocycles. The summed E-state index contributed by atoms with van der Waals surface area (Å²) in [5, 5.41) is 2.76. The molecule has 0 radical (unpaired) electrons. The molecule has 0 aromatic rings. The van der Waals surface area contributed by atoms with Crippen LogP contribution in [0.3, 0.4) is 0 Å². The van der Waals surface area contributed by atoms with Crippen LogP contribution < -0.4 is 11.1 Å². The van der Waals surface area contributed by atoms with E-state index < -0.39 is 6.04 Å². The third kappa shape index (κ3) is 5.34. The Morgan fingerprint density at radius 3 is 2.42 bits per heavy atom. The summed E-state index contributed by atoms with van der Waals surface area (Å²) in [6, 6.07) is -0.454. The van der Waals surface area contributed by atoms with Gasteiger partial charge in [-0.2, -0.15) is 0 Å². The lowest BCUT2D eigenvalue weighted by Crippen LogP contribution is -2.52. The number of hydrogen-bond acceptors (Lipinski definition) is 4. The van der Waals surface area contributed by atoms with E-state index >= 15 is 0 Å². The van der Waals surface area contributed by atoms with Gasteiger partial charge in [0.05, 0.1) is 13.2 Å². The maximum Gasteiger partial charge on any atom is 0.245 e. The molecule has 0 saturated carbocycles. The third-order valence-electron chi connectivity index (χ3n) is 3.15. The number of carbonyl (C=O) groups excluding carboxylic acids is 2. The number of morpholine rings is 1. The molecule has 3 N–H and O–H groups in total. The lowest BCUT2D eigenvalue weighted by molar-refractivity contribution is -0.140. The third-order valence-corrected chi connectivity index (χ3v) is 3.15. The summed E-state index contributed by atoms with van der Waals surface area (Å²) in [6.07, 6.45) is 0.583. The van der Waals surface area contributed by atoms with Gasteiger partial charge in [0, 0.05) is 25.6 Å². The smallest absolute Gasteiger partial charge is 0.245 e. The summed E-state index contributed by atoms with van der Waals surface area (Å²) in [6.45, 7) is 6.24. The van der Waals surface area contributed by atoms with Crippen molar-refractivity contribution in [2.45, 2.75) is 26.3 Å². The summed E-state index contributed by atoms with van der Waals surface area (Å²) < 4.78 is 5.20. The fraction of sp³-hybridized carbons (Fsp3) is 0.833. The van der Waals surface area contributed by atoms with E-state index in [1.807, 2.05) is 6.92 Å². The number of rotatable bonds is 5. The average molecular weight is 294 g/mol. The summed E-state index contributed by atoms with van der Waals surface area (Å²) in [5.74, 6) is -0.458. The van der Waals surface area contributed by atoms with Gasteiger partial charge < -0.3 is 20.7 Å². The summed E-state index contributed by atoms with van der Waals surface area (Å²) in [4.78, 5) is 25.7. The lowest BCUT2D eigenvalue weighted by Gasteiger charge is -2.30. The van der Waals surface area contributed by atoms with E-state index in [0.717, 1.165) is 0 Å². The van der Waals surface area contributed by atoms with Gasteiger partial charge in [0.25, 0.3) is 0 Å². The molecule has 6 nitrogen and oxygen atoms in total. The van der Waals surface area contributed by atoms with Crippen molar-refractivity contribution in [3.8, 4) is 0 Å². The van der Waals surface area contributed by atoms with E-state index in [1.165, 1.54) is 0 Å². The Morgan fingerprint density at radius 1 is 1.37 bits per heavy atom. The SMILES string of the molecule is CCC(NC(=O)C(C)CN)C(=O)N1CCOCC1.Cl. The highest BCUT2D eigenvalue weighted by Gasteiger charge is 2.26. The standard InChI is InChI=1S/C12H23N3O3.ClH/c1-3-10(14-11(16)9(2)8-13)12(17)15-4-6-18-7-5-15;/h9-10H,3-8,13H2,1-2H3,(H,14,16);1H. The molecule has 0 bridgehead atoms. The Bertz CT molecular complexity index is 296. The van der Waals surface area contributed by atoms with Crippen molar-refractivity contribution in [1.29, 1.82) is 0 Å². The molecule has 7 heteroatoms. The van der Waals surface area contributed by atoms with Gasteiger partial charge in [0.15, 0.2) is 0 Å². The van der Waals surface area contributed by atoms with Crippen LogP contribution in [0.4, 0.5) is 0 Å². The minimum Gasteiger partial charge on any atom is -0.378 e. The molecular weight excluding hydrogens is 270 g/mol. The van der Waals surface area contributed by atoms with Crippen LogP contribution in [0.25, 0.3) is 0 Å². The largest absolute Gasteiger partial charge is 0.378 e. The second-order valence-electron chi connectivity index (χ2n) is 4.54. The summed E-state index contributed by atoms with van der Waals surface area (Å²) in [7, 11) is 0. The minimum absolute atomic E-state index is 0. The fourth-order valence-corrected chi connectivity index (χ4v) is 1.76. The maximum absolute atomic E-state index is 12.2. The number of ether oxygens (including phenoxy) is 1. The van der Waals surface area contributed by atoms with E-state index in [2.05, 4.69) is 5.32 Å². The van der Waals surface area contributed by atoms with Gasteiger partial charge in [0.2, 0.25) is 11.8 Å². The Hall–Kier alpha value is -0.850. The van der Waals surface area contributed by atoms with Crippen molar-refractivity contribution in [2.24, 2.45) is 11.7 Å². The van der Waals surface area contributed by atoms with Crippen LogP contribution in [0.5, 0.6) is 0 Å². The molecule has 0 aliphatic carbocycles. The molecule has 19 heavy (non-hydrogen) atoms. The first-order chi connectivity index (χ1) is 8.60. The predicted molar refractivity (Wildman–Crippen MR) is 75.1 cm³/mol. The van der Waals surface area contributed by atoms with Gasteiger partial charge in [-0.15, -0.1) is 12.4 Å². The van der Waals surface area contributed by atoms with Crippen LogP contribution in [-0.4, -0.2) is 55.6 Å². The average Bonchev–Trinajstić information content (AvgIpc) is 2.43. The van der Waals surface area contributed by atoms with Gasteiger partial charge in [-0.1, -0.05) is 13.8 Å². The van der Waals surface area contributed by atoms with E-state index in [-0.39, 0.29) is 36.7 Å². The van der Waals surface area contributed by atoms with Crippen molar-refractivity contribution in [3.05, 3.63) is 0 Å². The van der Waals surface area contributed by atoms with Gasteiger partial charge in [-0.05, 0) is 6.42 Å². The molecule has 1 heterocycles. The number of nitrogens with one attached hydrogen (secondary N) is 1. The van der Waals surface area contributed by atoms with Gasteiger partial charge in [-0.25, -0.2) is 0 Å². The predicted octanol–water partition coefficient (Wildman–Crippen LogP) is -0.243. The van der Waals surface area contributed by atoms with Crippen LogP contribution in [0.2, 0.25) is 0 Å². The second kappa shape index (κ2) is 9.12. The summed E-state index contributed by atoms with van der Waals surface area (Å²) >= 11 is 0. The quantitative estimate of drug-likeness (QED) is 0.732. The molecule has 0 spiro atoms. The van der Waals surface area contributed by atoms with Crippen LogP contribution in [0.1, 0.15) is 20.3 Å². The maximum atomic E-state index is 12.2. The van der Waals surface area contributed by atoms with Crippen LogP contribution >= 0.6 is 12.4 Å². The highest BCUT2D eigenvalue weighted by Crippen LogP contribution is 2.04. The molecule has 0 aromatic carbocycles. The molecule has 2 unspecified atom stereocenters. The van der Waals surface area contributed by atoms with E-state index in [0.29, 0.717) is 32.7 Å². The van der Waals surface area contributed by atoms with Crippen molar-refractivity contribution in [1.82, 2.24) is 10.2 Å². The van der Waals surface area contributed by atoms with Crippen LogP contribution in [0.15, 0.2) is 0 Å². The first-order valence-corrected chi connectivity index (χ1v) is 6.47. The van der Waals surface area contributed by atoms with Gasteiger partial charge in [-0.3, -0.25) is 9.59 Å². The zero-order valence-corrected chi connectivity index (χ0v) is 12.4. The molecular formula is C12H24ClN3O3. The summed E-state index contributed by atoms with van der Waals surface area (Å²) in [5.41, 5.74) is 5.44. The van der Waals surface area contributed by atoms with Crippen molar-refractivity contribution >= 4 is 24.2 Å². The Labute approximate surface area is 120 Å². The first kappa shape index (κ1) is 18.1. The highest BCUT2D eigenvalue weighted by atomic mass is 35.5. The monoisotopic (exact) mass is 293 g/mol. The minimum atomic E-state index is -0.454. The van der Waals surface area contributed by atoms with Crippen LogP contribution in [0, 0.1) is 5.92 Å². The Balaban J connectivity index is 0.00000324. The highest BCUT2D eigenvalue weighted by molar-refractivity contribution is 5.88. The molecule has 1 rings (SSSR count). The number of hydrogen-bond donors (Lipinski definition) is 2. The zero-order valence-electron chi connectivity index (χ0n) is 11.6. The molecule has 112 valence electrons. The zero-order chi connectivity index (χ0) is 13.5. The number of nitrogens with two attached hydrogens (primary N) is 1. The van der Waals surface area contributed by atoms with Crippen molar-refractivity contribution in [3.63, 3.8) is 0 Å². The second-order valence-corrected chi connectivity index (χ2v) is 4.54. The number of halogens is 1. The Kier molecular flexibility index (Phi) is 8.71. The van der Waals surface area contributed by atoms with Gasteiger partial charge >= 0.3 is 0 Å². The normalized spacial score (nSPS) is 18.2. The van der Waals surface area contributed by atoms with Crippen molar-refractivity contribution in [2.75, 3.05) is 32.8 Å². The molecule has 1 saturated heterocycles. The molecule has 2 amide bonds. The lowest BCUT2D eigenvalue weighted by atomic mass is 10.1. The Morgan fingerprint density at radius 2 is 1.95 bits per heavy atom. The molecule has 2 atom stereocenters. The van der Waals surface area contributed by atoms with E-state index in [9.17, 15) is 9.59 Å². The van der Waals surface area contributed by atoms with Crippen molar-refractivity contribution < 1.29 is 14.3 Å². The van der Waals surface area contributed by atoms with E-state index in [4.69, 9.17) is 10.5 Å². The van der Waals surface area contributed by atoms with E-state index in [1.54, 1.807) is 11.8 Å². The topological polar surface area (TPSA) is 84.7 Å². The molecule has 0 aromatic heterocycles. The fourth-order valence-electron chi connectivity index (χ4n) is 1.76.